The number of rotatable bonds is 9. The van der Waals surface area contributed by atoms with E-state index in [1.54, 1.807) is 12.1 Å². The summed E-state index contributed by atoms with van der Waals surface area (Å²) in [5.41, 5.74) is 0.718. The van der Waals surface area contributed by atoms with Crippen LogP contribution in [0.4, 0.5) is 0 Å². The first-order valence-corrected chi connectivity index (χ1v) is 7.19. The Morgan fingerprint density at radius 3 is 2.00 bits per heavy atom. The molecule has 0 aromatic heterocycles. The highest BCUT2D eigenvalue weighted by Crippen LogP contribution is 2.38. The minimum atomic E-state index is -1.16. The normalized spacial score (nSPS) is 13.4. The van der Waals surface area contributed by atoms with Crippen LogP contribution >= 0.6 is 12.2 Å². The number of methoxy groups -OCH3 is 3. The summed E-state index contributed by atoms with van der Waals surface area (Å²) < 4.78 is 15.8. The van der Waals surface area contributed by atoms with Crippen LogP contribution in [0.25, 0.3) is 0 Å². The van der Waals surface area contributed by atoms with Gasteiger partial charge in [0.2, 0.25) is 5.75 Å². The maximum Gasteiger partial charge on any atom is 0.203 e. The minimum Gasteiger partial charge on any atom is -0.493 e. The SMILES string of the molecule is COc1cc(C(=S)CC[C@H](O)[C@H](O)CO)cc(OC)c1OC. The lowest BCUT2D eigenvalue weighted by molar-refractivity contribution is -0.0164. The van der Waals surface area contributed by atoms with E-state index in [1.165, 1.54) is 21.3 Å². The molecule has 0 aliphatic heterocycles. The fourth-order valence-electron chi connectivity index (χ4n) is 1.98. The van der Waals surface area contributed by atoms with E-state index in [0.29, 0.717) is 28.5 Å². The lowest BCUT2D eigenvalue weighted by Crippen LogP contribution is -2.29. The zero-order valence-corrected chi connectivity index (χ0v) is 13.7. The van der Waals surface area contributed by atoms with Crippen molar-refractivity contribution < 1.29 is 29.5 Å². The van der Waals surface area contributed by atoms with Crippen LogP contribution in [0.1, 0.15) is 18.4 Å². The fourth-order valence-corrected chi connectivity index (χ4v) is 2.22. The molecule has 0 bridgehead atoms. The van der Waals surface area contributed by atoms with Crippen molar-refractivity contribution in [3.63, 3.8) is 0 Å². The first kappa shape index (κ1) is 18.6. The van der Waals surface area contributed by atoms with Gasteiger partial charge >= 0.3 is 0 Å². The first-order valence-electron chi connectivity index (χ1n) is 6.78. The summed E-state index contributed by atoms with van der Waals surface area (Å²) in [6, 6.07) is 3.47. The third-order valence-electron chi connectivity index (χ3n) is 3.29. The van der Waals surface area contributed by atoms with Crippen molar-refractivity contribution in [2.24, 2.45) is 0 Å². The highest BCUT2D eigenvalue weighted by atomic mass is 32.1. The molecule has 0 aliphatic rings. The maximum atomic E-state index is 9.66. The Hall–Kier alpha value is -1.41. The van der Waals surface area contributed by atoms with E-state index in [9.17, 15) is 10.2 Å². The zero-order chi connectivity index (χ0) is 16.7. The molecule has 0 aliphatic carbocycles. The summed E-state index contributed by atoms with van der Waals surface area (Å²) in [5, 5.41) is 27.8. The van der Waals surface area contributed by atoms with Crippen LogP contribution < -0.4 is 14.2 Å². The number of ether oxygens (including phenoxy) is 3. The van der Waals surface area contributed by atoms with Gasteiger partial charge in [-0.15, -0.1) is 0 Å². The second-order valence-electron chi connectivity index (χ2n) is 4.69. The summed E-state index contributed by atoms with van der Waals surface area (Å²) >= 11 is 5.35. The van der Waals surface area contributed by atoms with Crippen molar-refractivity contribution in [1.29, 1.82) is 0 Å². The Morgan fingerprint density at radius 1 is 1.05 bits per heavy atom. The maximum absolute atomic E-state index is 9.66. The fraction of sp³-hybridized carbons (Fsp3) is 0.533. The Kier molecular flexibility index (Phi) is 7.53. The van der Waals surface area contributed by atoms with Crippen LogP contribution in [0.15, 0.2) is 12.1 Å². The zero-order valence-electron chi connectivity index (χ0n) is 12.9. The van der Waals surface area contributed by atoms with Gasteiger partial charge in [-0.25, -0.2) is 0 Å². The van der Waals surface area contributed by atoms with Crippen LogP contribution in [-0.2, 0) is 0 Å². The van der Waals surface area contributed by atoms with Crippen LogP contribution in [0.5, 0.6) is 17.2 Å². The molecule has 0 radical (unpaired) electrons. The van der Waals surface area contributed by atoms with E-state index in [0.717, 1.165) is 5.56 Å². The summed E-state index contributed by atoms with van der Waals surface area (Å²) in [5.74, 6) is 1.47. The van der Waals surface area contributed by atoms with Crippen molar-refractivity contribution in [3.05, 3.63) is 17.7 Å². The number of hydrogen-bond donors (Lipinski definition) is 3. The van der Waals surface area contributed by atoms with Gasteiger partial charge in [0, 0.05) is 4.86 Å². The predicted octanol–water partition coefficient (Wildman–Crippen LogP) is 0.925. The van der Waals surface area contributed by atoms with Crippen LogP contribution in [0.3, 0.4) is 0 Å². The highest BCUT2D eigenvalue weighted by molar-refractivity contribution is 7.80. The number of hydrogen-bond acceptors (Lipinski definition) is 7. The molecule has 3 N–H and O–H groups in total. The van der Waals surface area contributed by atoms with Gasteiger partial charge in [0.05, 0.1) is 34.0 Å². The van der Waals surface area contributed by atoms with E-state index in [4.69, 9.17) is 31.5 Å². The largest absolute Gasteiger partial charge is 0.493 e. The molecule has 1 aromatic rings. The summed E-state index contributed by atoms with van der Waals surface area (Å²) in [6.45, 7) is -0.488. The topological polar surface area (TPSA) is 88.4 Å². The van der Waals surface area contributed by atoms with Gasteiger partial charge in [-0.1, -0.05) is 12.2 Å². The molecule has 1 rings (SSSR count). The van der Waals surface area contributed by atoms with E-state index in [2.05, 4.69) is 0 Å². The molecule has 0 amide bonds. The van der Waals surface area contributed by atoms with Gasteiger partial charge in [0.15, 0.2) is 11.5 Å². The molecular weight excluding hydrogens is 308 g/mol. The average Bonchev–Trinajstić information content (AvgIpc) is 2.56. The molecule has 0 unspecified atom stereocenters. The molecule has 124 valence electrons. The van der Waals surface area contributed by atoms with Gasteiger partial charge in [-0.3, -0.25) is 0 Å². The summed E-state index contributed by atoms with van der Waals surface area (Å²) in [7, 11) is 4.56. The number of benzene rings is 1. The standard InChI is InChI=1S/C15H22O6S/c1-19-12-6-9(7-13(20-2)15(12)21-3)14(22)5-4-10(17)11(18)8-16/h6-7,10-11,16-18H,4-5,8H2,1-3H3/t10-,11+/m0/s1. The van der Waals surface area contributed by atoms with Crippen molar-refractivity contribution in [1.82, 2.24) is 0 Å². The molecule has 0 fully saturated rings. The molecule has 22 heavy (non-hydrogen) atoms. The minimum absolute atomic E-state index is 0.247. The number of thiocarbonyl (C=S) groups is 1. The van der Waals surface area contributed by atoms with E-state index in [-0.39, 0.29) is 6.42 Å². The van der Waals surface area contributed by atoms with Crippen LogP contribution in [-0.4, -0.2) is 60.3 Å². The molecule has 7 heteroatoms. The van der Waals surface area contributed by atoms with Crippen molar-refractivity contribution in [2.75, 3.05) is 27.9 Å². The van der Waals surface area contributed by atoms with Gasteiger partial charge in [0.25, 0.3) is 0 Å². The highest BCUT2D eigenvalue weighted by Gasteiger charge is 2.18. The Labute approximate surface area is 135 Å². The predicted molar refractivity (Wildman–Crippen MR) is 86.1 cm³/mol. The monoisotopic (exact) mass is 330 g/mol. The van der Waals surface area contributed by atoms with Crippen molar-refractivity contribution in [2.45, 2.75) is 25.0 Å². The molecule has 6 nitrogen and oxygen atoms in total. The average molecular weight is 330 g/mol. The van der Waals surface area contributed by atoms with Crippen LogP contribution in [0, 0.1) is 0 Å². The smallest absolute Gasteiger partial charge is 0.203 e. The van der Waals surface area contributed by atoms with E-state index in [1.807, 2.05) is 0 Å². The molecule has 0 heterocycles. The molecule has 0 saturated carbocycles. The van der Waals surface area contributed by atoms with Gasteiger partial charge in [-0.05, 0) is 30.5 Å². The third kappa shape index (κ3) is 4.54. The lowest BCUT2D eigenvalue weighted by atomic mass is 10.0. The summed E-state index contributed by atoms with van der Waals surface area (Å²) in [4.78, 5) is 0.587. The second kappa shape index (κ2) is 8.89. The quantitative estimate of drug-likeness (QED) is 0.458. The summed E-state index contributed by atoms with van der Waals surface area (Å²) in [6.07, 6.45) is -1.56. The van der Waals surface area contributed by atoms with E-state index >= 15 is 0 Å². The number of aliphatic hydroxyl groups excluding tert-OH is 3. The molecule has 1 aromatic carbocycles. The number of aliphatic hydroxyl groups is 3. The third-order valence-corrected chi connectivity index (χ3v) is 3.72. The second-order valence-corrected chi connectivity index (χ2v) is 5.19. The van der Waals surface area contributed by atoms with Gasteiger partial charge < -0.3 is 29.5 Å². The lowest BCUT2D eigenvalue weighted by Gasteiger charge is -2.17. The molecule has 0 saturated heterocycles. The molecular formula is C15H22O6S. The van der Waals surface area contributed by atoms with Gasteiger partial charge in [0.1, 0.15) is 6.10 Å². The Balaban J connectivity index is 2.89. The Bertz CT molecular complexity index is 480. The van der Waals surface area contributed by atoms with Crippen molar-refractivity contribution in [3.8, 4) is 17.2 Å². The van der Waals surface area contributed by atoms with Gasteiger partial charge in [-0.2, -0.15) is 0 Å². The van der Waals surface area contributed by atoms with E-state index < -0.39 is 18.8 Å². The first-order chi connectivity index (χ1) is 10.5. The van der Waals surface area contributed by atoms with Crippen molar-refractivity contribution >= 4 is 17.1 Å². The Morgan fingerprint density at radius 2 is 1.59 bits per heavy atom. The van der Waals surface area contributed by atoms with Crippen LogP contribution in [0.2, 0.25) is 0 Å². The molecule has 2 atom stereocenters. The molecule has 0 spiro atoms.